The van der Waals surface area contributed by atoms with Gasteiger partial charge in [-0.25, -0.2) is 0 Å². The van der Waals surface area contributed by atoms with Crippen molar-refractivity contribution in [2.45, 2.75) is 26.2 Å². The quantitative estimate of drug-likeness (QED) is 0.217. The summed E-state index contributed by atoms with van der Waals surface area (Å²) in [6.07, 6.45) is 0. The van der Waals surface area contributed by atoms with Crippen molar-refractivity contribution in [3.63, 3.8) is 0 Å². The molecule has 2 aromatic heterocycles. The topological polar surface area (TPSA) is 18.1 Å². The molecular weight excluding hydrogens is 510 g/mol. The van der Waals surface area contributed by atoms with Crippen LogP contribution in [0.25, 0.3) is 71.7 Å². The van der Waals surface area contributed by atoms with E-state index in [1.54, 1.807) is 0 Å². The fourth-order valence-electron chi connectivity index (χ4n) is 6.36. The molecule has 8 aromatic rings. The normalized spacial score (nSPS) is 12.2. The van der Waals surface area contributed by atoms with Gasteiger partial charge < -0.3 is 8.98 Å². The molecule has 0 aliphatic carbocycles. The highest BCUT2D eigenvalue weighted by Crippen LogP contribution is 2.39. The molecule has 0 aliphatic heterocycles. The van der Waals surface area contributed by atoms with Gasteiger partial charge >= 0.3 is 0 Å². The lowest BCUT2D eigenvalue weighted by atomic mass is 9.86. The Bertz CT molecular complexity index is 2260. The molecule has 2 nitrogen and oxygen atoms in total. The molecule has 0 unspecified atom stereocenters. The summed E-state index contributed by atoms with van der Waals surface area (Å²) in [5, 5.41) is 4.78. The van der Waals surface area contributed by atoms with Crippen LogP contribution in [0.1, 0.15) is 26.3 Å². The first-order valence-corrected chi connectivity index (χ1v) is 14.6. The molecule has 0 N–H and O–H groups in total. The number of rotatable bonds is 3. The highest BCUT2D eigenvalue weighted by atomic mass is 16.3. The summed E-state index contributed by atoms with van der Waals surface area (Å²) < 4.78 is 8.76. The summed E-state index contributed by atoms with van der Waals surface area (Å²) in [5.74, 6) is 0. The van der Waals surface area contributed by atoms with Crippen LogP contribution in [-0.4, -0.2) is 4.57 Å². The minimum Gasteiger partial charge on any atom is -0.455 e. The van der Waals surface area contributed by atoms with Crippen LogP contribution in [0, 0.1) is 0 Å². The average molecular weight is 542 g/mol. The standard InChI is InChI=1S/C40H31NO/c1-40(2,3)29-20-15-26(16-21-29)27-17-22-30(23-18-27)41-36-13-6-4-9-32(36)35-25-28(19-24-37(35)41)31-11-8-12-34-33-10-5-7-14-38(33)42-39(31)34/h4-25H,1-3H3. The van der Waals surface area contributed by atoms with Crippen LogP contribution in [-0.2, 0) is 5.41 Å². The van der Waals surface area contributed by atoms with Crippen LogP contribution >= 0.6 is 0 Å². The summed E-state index contributed by atoms with van der Waals surface area (Å²) >= 11 is 0. The van der Waals surface area contributed by atoms with Gasteiger partial charge in [-0.3, -0.25) is 0 Å². The maximum atomic E-state index is 6.38. The molecule has 0 saturated heterocycles. The molecule has 0 radical (unpaired) electrons. The number of aromatic nitrogens is 1. The molecule has 0 aliphatic rings. The van der Waals surface area contributed by atoms with Gasteiger partial charge in [-0.15, -0.1) is 0 Å². The molecule has 2 heterocycles. The third-order valence-electron chi connectivity index (χ3n) is 8.60. The molecule has 6 aromatic carbocycles. The molecular formula is C40H31NO. The molecule has 0 bridgehead atoms. The molecule has 0 amide bonds. The third-order valence-corrected chi connectivity index (χ3v) is 8.60. The van der Waals surface area contributed by atoms with E-state index in [4.69, 9.17) is 4.42 Å². The number of furan rings is 1. The van der Waals surface area contributed by atoms with E-state index in [0.29, 0.717) is 0 Å². The van der Waals surface area contributed by atoms with Crippen molar-refractivity contribution >= 4 is 43.7 Å². The van der Waals surface area contributed by atoms with Crippen LogP contribution in [0.15, 0.2) is 138 Å². The van der Waals surface area contributed by atoms with E-state index >= 15 is 0 Å². The second-order valence-electron chi connectivity index (χ2n) is 12.2. The highest BCUT2D eigenvalue weighted by Gasteiger charge is 2.17. The minimum absolute atomic E-state index is 0.150. The molecule has 42 heavy (non-hydrogen) atoms. The van der Waals surface area contributed by atoms with Crippen molar-refractivity contribution in [3.05, 3.63) is 139 Å². The molecule has 0 saturated carbocycles. The van der Waals surface area contributed by atoms with E-state index in [1.165, 1.54) is 38.5 Å². The Kier molecular flexibility index (Phi) is 5.42. The number of hydrogen-bond donors (Lipinski definition) is 0. The predicted octanol–water partition coefficient (Wildman–Crippen LogP) is 11.3. The first kappa shape index (κ1) is 24.7. The van der Waals surface area contributed by atoms with Gasteiger partial charge in [-0.05, 0) is 64.1 Å². The lowest BCUT2D eigenvalue weighted by molar-refractivity contribution is 0.590. The second kappa shape index (κ2) is 9.22. The first-order chi connectivity index (χ1) is 20.5. The monoisotopic (exact) mass is 541 g/mol. The Morgan fingerprint density at radius 2 is 1.12 bits per heavy atom. The number of nitrogens with zero attached hydrogens (tertiary/aromatic N) is 1. The van der Waals surface area contributed by atoms with Crippen LogP contribution in [0.5, 0.6) is 0 Å². The van der Waals surface area contributed by atoms with Gasteiger partial charge in [0, 0.05) is 32.8 Å². The third kappa shape index (κ3) is 3.87. The Balaban J connectivity index is 1.25. The van der Waals surface area contributed by atoms with Gasteiger partial charge in [0.05, 0.1) is 11.0 Å². The Labute approximate surface area is 245 Å². The van der Waals surface area contributed by atoms with Crippen molar-refractivity contribution in [2.75, 3.05) is 0 Å². The zero-order chi connectivity index (χ0) is 28.4. The van der Waals surface area contributed by atoms with E-state index in [2.05, 4.69) is 147 Å². The van der Waals surface area contributed by atoms with Crippen molar-refractivity contribution < 1.29 is 4.42 Å². The first-order valence-electron chi connectivity index (χ1n) is 14.6. The number of fused-ring (bicyclic) bond motifs is 6. The van der Waals surface area contributed by atoms with Crippen molar-refractivity contribution in [3.8, 4) is 27.9 Å². The molecule has 202 valence electrons. The zero-order valence-electron chi connectivity index (χ0n) is 24.1. The Morgan fingerprint density at radius 3 is 1.88 bits per heavy atom. The molecule has 0 spiro atoms. The summed E-state index contributed by atoms with van der Waals surface area (Å²) in [4.78, 5) is 0. The molecule has 0 atom stereocenters. The van der Waals surface area contributed by atoms with Gasteiger partial charge in [0.25, 0.3) is 0 Å². The number of hydrogen-bond acceptors (Lipinski definition) is 1. The average Bonchev–Trinajstić information content (AvgIpc) is 3.56. The molecule has 8 rings (SSSR count). The second-order valence-corrected chi connectivity index (χ2v) is 12.2. The molecule has 0 fully saturated rings. The van der Waals surface area contributed by atoms with Gasteiger partial charge in [0.1, 0.15) is 11.2 Å². The SMILES string of the molecule is CC(C)(C)c1ccc(-c2ccc(-n3c4ccccc4c4cc(-c5cccc6c5oc5ccccc56)ccc43)cc2)cc1. The van der Waals surface area contributed by atoms with E-state index < -0.39 is 0 Å². The molecule has 2 heteroatoms. The zero-order valence-corrected chi connectivity index (χ0v) is 24.1. The summed E-state index contributed by atoms with van der Waals surface area (Å²) in [7, 11) is 0. The summed E-state index contributed by atoms with van der Waals surface area (Å²) in [6.45, 7) is 6.76. The van der Waals surface area contributed by atoms with Crippen molar-refractivity contribution in [2.24, 2.45) is 0 Å². The highest BCUT2D eigenvalue weighted by molar-refractivity contribution is 6.13. The van der Waals surface area contributed by atoms with Gasteiger partial charge in [0.2, 0.25) is 0 Å². The van der Waals surface area contributed by atoms with Gasteiger partial charge in [0.15, 0.2) is 0 Å². The predicted molar refractivity (Wildman–Crippen MR) is 178 cm³/mol. The van der Waals surface area contributed by atoms with E-state index in [1.807, 2.05) is 12.1 Å². The Morgan fingerprint density at radius 1 is 0.500 bits per heavy atom. The smallest absolute Gasteiger partial charge is 0.143 e. The summed E-state index contributed by atoms with van der Waals surface area (Å²) in [5.41, 5.74) is 11.6. The fraction of sp³-hybridized carbons (Fsp3) is 0.100. The van der Waals surface area contributed by atoms with E-state index in [-0.39, 0.29) is 5.41 Å². The van der Waals surface area contributed by atoms with Crippen LogP contribution in [0.4, 0.5) is 0 Å². The summed E-state index contributed by atoms with van der Waals surface area (Å²) in [6, 6.07) is 48.1. The number of para-hydroxylation sites is 3. The lowest BCUT2D eigenvalue weighted by Gasteiger charge is -2.19. The number of benzene rings is 6. The van der Waals surface area contributed by atoms with Gasteiger partial charge in [-0.2, -0.15) is 0 Å². The maximum absolute atomic E-state index is 6.38. The van der Waals surface area contributed by atoms with Crippen molar-refractivity contribution in [1.29, 1.82) is 0 Å². The van der Waals surface area contributed by atoms with E-state index in [9.17, 15) is 0 Å². The van der Waals surface area contributed by atoms with Gasteiger partial charge in [-0.1, -0.05) is 118 Å². The fourth-order valence-corrected chi connectivity index (χ4v) is 6.36. The largest absolute Gasteiger partial charge is 0.455 e. The van der Waals surface area contributed by atoms with Crippen LogP contribution in [0.3, 0.4) is 0 Å². The maximum Gasteiger partial charge on any atom is 0.143 e. The van der Waals surface area contributed by atoms with E-state index in [0.717, 1.165) is 38.8 Å². The van der Waals surface area contributed by atoms with Crippen LogP contribution in [0.2, 0.25) is 0 Å². The minimum atomic E-state index is 0.150. The van der Waals surface area contributed by atoms with Crippen LogP contribution < -0.4 is 0 Å². The van der Waals surface area contributed by atoms with Crippen molar-refractivity contribution in [1.82, 2.24) is 4.57 Å². The lowest BCUT2D eigenvalue weighted by Crippen LogP contribution is -2.10. The Hall–Kier alpha value is -5.08.